The van der Waals surface area contributed by atoms with Crippen LogP contribution in [0, 0.1) is 0 Å². The van der Waals surface area contributed by atoms with Gasteiger partial charge in [0.25, 0.3) is 5.91 Å². The fourth-order valence-corrected chi connectivity index (χ4v) is 2.56. The van der Waals surface area contributed by atoms with Crippen LogP contribution < -0.4 is 14.9 Å². The lowest BCUT2D eigenvalue weighted by Crippen LogP contribution is -2.24. The number of nitrogens with zero attached hydrogens (tertiary/aromatic N) is 1. The number of nitrogens with one attached hydrogen (secondary N) is 1. The Morgan fingerprint density at radius 2 is 1.77 bits per heavy atom. The average Bonchev–Trinajstić information content (AvgIpc) is 2.69. The first-order valence-electron chi connectivity index (χ1n) is 8.42. The lowest BCUT2D eigenvalue weighted by atomic mass is 10.0. The Balaban J connectivity index is 1.69. The highest BCUT2D eigenvalue weighted by Gasteiger charge is 2.07. The second kappa shape index (κ2) is 8.67. The molecule has 0 spiro atoms. The summed E-state index contributed by atoms with van der Waals surface area (Å²) in [5, 5.41) is 6.15. The third-order valence-electron chi connectivity index (χ3n) is 3.73. The molecule has 1 amide bonds. The fourth-order valence-electron chi connectivity index (χ4n) is 2.56. The molecule has 0 atom stereocenters. The van der Waals surface area contributed by atoms with Gasteiger partial charge < -0.3 is 9.47 Å². The molecule has 3 aromatic carbocycles. The number of carbonyl (C=O) groups excluding carboxylic acids is 1. The molecular formula is C21H20N2O3. The molecule has 3 rings (SSSR count). The van der Waals surface area contributed by atoms with Crippen molar-refractivity contribution in [3.05, 3.63) is 72.3 Å². The van der Waals surface area contributed by atoms with Crippen molar-refractivity contribution in [3.63, 3.8) is 0 Å². The van der Waals surface area contributed by atoms with Crippen LogP contribution in [0.2, 0.25) is 0 Å². The van der Waals surface area contributed by atoms with E-state index in [4.69, 9.17) is 9.47 Å². The highest BCUT2D eigenvalue weighted by Crippen LogP contribution is 2.26. The van der Waals surface area contributed by atoms with E-state index < -0.39 is 0 Å². The minimum absolute atomic E-state index is 0.102. The monoisotopic (exact) mass is 348 g/mol. The van der Waals surface area contributed by atoms with Gasteiger partial charge in [-0.15, -0.1) is 0 Å². The third-order valence-corrected chi connectivity index (χ3v) is 3.73. The molecule has 0 aliphatic heterocycles. The van der Waals surface area contributed by atoms with Gasteiger partial charge in [-0.3, -0.25) is 4.79 Å². The van der Waals surface area contributed by atoms with Crippen LogP contribution in [0.5, 0.6) is 11.5 Å². The molecule has 26 heavy (non-hydrogen) atoms. The van der Waals surface area contributed by atoms with E-state index in [2.05, 4.69) is 10.5 Å². The number of hydrazone groups is 1. The Kier molecular flexibility index (Phi) is 5.83. The molecule has 0 bridgehead atoms. The first kappa shape index (κ1) is 17.5. The number of para-hydroxylation sites is 1. The van der Waals surface area contributed by atoms with Crippen molar-refractivity contribution < 1.29 is 14.3 Å². The van der Waals surface area contributed by atoms with Gasteiger partial charge in [0, 0.05) is 5.56 Å². The molecule has 1 N–H and O–H groups in total. The summed E-state index contributed by atoms with van der Waals surface area (Å²) >= 11 is 0. The first-order chi connectivity index (χ1) is 12.8. The summed E-state index contributed by atoms with van der Waals surface area (Å²) in [6.07, 6.45) is 1.60. The highest BCUT2D eigenvalue weighted by atomic mass is 16.5. The van der Waals surface area contributed by atoms with Crippen LogP contribution in [0.1, 0.15) is 12.5 Å². The Morgan fingerprint density at radius 3 is 2.58 bits per heavy atom. The number of ether oxygens (including phenoxy) is 2. The van der Waals surface area contributed by atoms with E-state index in [1.165, 1.54) is 0 Å². The van der Waals surface area contributed by atoms with Crippen molar-refractivity contribution >= 4 is 22.9 Å². The Bertz CT molecular complexity index is 908. The number of carbonyl (C=O) groups is 1. The van der Waals surface area contributed by atoms with Crippen molar-refractivity contribution in [2.45, 2.75) is 6.92 Å². The molecule has 132 valence electrons. The summed E-state index contributed by atoms with van der Waals surface area (Å²) in [6, 6.07) is 21.0. The number of fused-ring (bicyclic) bond motifs is 1. The van der Waals surface area contributed by atoms with E-state index in [1.54, 1.807) is 18.3 Å². The number of benzene rings is 3. The Morgan fingerprint density at radius 1 is 1.00 bits per heavy atom. The van der Waals surface area contributed by atoms with Gasteiger partial charge in [0.15, 0.2) is 6.61 Å². The normalized spacial score (nSPS) is 10.8. The zero-order valence-electron chi connectivity index (χ0n) is 14.5. The molecule has 0 saturated carbocycles. The minimum atomic E-state index is -0.330. The van der Waals surface area contributed by atoms with E-state index in [-0.39, 0.29) is 12.5 Å². The maximum absolute atomic E-state index is 11.9. The molecule has 3 aromatic rings. The highest BCUT2D eigenvalue weighted by molar-refractivity contribution is 6.02. The van der Waals surface area contributed by atoms with Gasteiger partial charge in [-0.1, -0.05) is 48.5 Å². The van der Waals surface area contributed by atoms with Gasteiger partial charge in [-0.25, -0.2) is 5.43 Å². The van der Waals surface area contributed by atoms with Gasteiger partial charge in [-0.2, -0.15) is 5.10 Å². The van der Waals surface area contributed by atoms with Crippen LogP contribution in [0.3, 0.4) is 0 Å². The summed E-state index contributed by atoms with van der Waals surface area (Å²) in [4.78, 5) is 11.9. The van der Waals surface area contributed by atoms with E-state index in [0.29, 0.717) is 12.4 Å². The van der Waals surface area contributed by atoms with Crippen molar-refractivity contribution in [2.24, 2.45) is 5.10 Å². The topological polar surface area (TPSA) is 59.9 Å². The number of hydrogen-bond donors (Lipinski definition) is 1. The summed E-state index contributed by atoms with van der Waals surface area (Å²) in [5.74, 6) is 1.03. The van der Waals surface area contributed by atoms with Gasteiger partial charge in [0.1, 0.15) is 11.5 Å². The zero-order chi connectivity index (χ0) is 18.2. The molecule has 0 aliphatic carbocycles. The van der Waals surface area contributed by atoms with E-state index >= 15 is 0 Å². The molecule has 0 aromatic heterocycles. The number of amides is 1. The van der Waals surface area contributed by atoms with Crippen LogP contribution in [-0.2, 0) is 4.79 Å². The smallest absolute Gasteiger partial charge is 0.277 e. The van der Waals surface area contributed by atoms with Gasteiger partial charge in [0.05, 0.1) is 12.8 Å². The minimum Gasteiger partial charge on any atom is -0.493 e. The maximum Gasteiger partial charge on any atom is 0.277 e. The first-order valence-corrected chi connectivity index (χ1v) is 8.42. The molecule has 0 unspecified atom stereocenters. The van der Waals surface area contributed by atoms with Crippen molar-refractivity contribution in [3.8, 4) is 11.5 Å². The number of hydrogen-bond acceptors (Lipinski definition) is 4. The summed E-state index contributed by atoms with van der Waals surface area (Å²) < 4.78 is 11.1. The van der Waals surface area contributed by atoms with E-state index in [1.807, 2.05) is 61.5 Å². The molecular weight excluding hydrogens is 328 g/mol. The predicted octanol–water partition coefficient (Wildman–Crippen LogP) is 3.77. The molecule has 5 heteroatoms. The summed E-state index contributed by atoms with van der Waals surface area (Å²) in [5.41, 5.74) is 3.31. The Labute approximate surface area is 152 Å². The Hall–Kier alpha value is -3.34. The molecule has 0 saturated heterocycles. The molecule has 0 radical (unpaired) electrons. The average molecular weight is 348 g/mol. The van der Waals surface area contributed by atoms with Gasteiger partial charge in [0.2, 0.25) is 0 Å². The van der Waals surface area contributed by atoms with Gasteiger partial charge >= 0.3 is 0 Å². The largest absolute Gasteiger partial charge is 0.493 e. The van der Waals surface area contributed by atoms with Crippen molar-refractivity contribution in [1.29, 1.82) is 0 Å². The molecule has 0 aliphatic rings. The fraction of sp³-hybridized carbons (Fsp3) is 0.143. The summed E-state index contributed by atoms with van der Waals surface area (Å²) in [7, 11) is 0. The van der Waals surface area contributed by atoms with Crippen molar-refractivity contribution in [2.75, 3.05) is 13.2 Å². The molecule has 5 nitrogen and oxygen atoms in total. The number of rotatable bonds is 7. The van der Waals surface area contributed by atoms with Crippen LogP contribution in [0.25, 0.3) is 10.8 Å². The van der Waals surface area contributed by atoms with Crippen LogP contribution in [0.15, 0.2) is 71.8 Å². The second-order valence-electron chi connectivity index (χ2n) is 5.53. The molecule has 0 heterocycles. The standard InChI is InChI=1S/C21H20N2O3/c1-2-25-20-13-12-16-8-6-7-11-18(16)19(20)14-22-23-21(24)15-26-17-9-4-3-5-10-17/h3-14H,2,15H2,1H3,(H,23,24)/b22-14-. The predicted molar refractivity (Wildman–Crippen MR) is 103 cm³/mol. The molecule has 0 fully saturated rings. The third kappa shape index (κ3) is 4.39. The van der Waals surface area contributed by atoms with E-state index in [0.717, 1.165) is 22.1 Å². The lowest BCUT2D eigenvalue weighted by Gasteiger charge is -2.10. The maximum atomic E-state index is 11.9. The van der Waals surface area contributed by atoms with Crippen LogP contribution >= 0.6 is 0 Å². The van der Waals surface area contributed by atoms with Crippen LogP contribution in [-0.4, -0.2) is 25.3 Å². The lowest BCUT2D eigenvalue weighted by molar-refractivity contribution is -0.123. The zero-order valence-corrected chi connectivity index (χ0v) is 14.5. The van der Waals surface area contributed by atoms with Crippen molar-refractivity contribution in [1.82, 2.24) is 5.43 Å². The van der Waals surface area contributed by atoms with E-state index in [9.17, 15) is 4.79 Å². The summed E-state index contributed by atoms with van der Waals surface area (Å²) in [6.45, 7) is 2.38. The second-order valence-corrected chi connectivity index (χ2v) is 5.53. The quantitative estimate of drug-likeness (QED) is 0.522. The van der Waals surface area contributed by atoms with Gasteiger partial charge in [-0.05, 0) is 35.9 Å². The SMILES string of the molecule is CCOc1ccc2ccccc2c1/C=N\NC(=O)COc1ccccc1. The van der Waals surface area contributed by atoms with Crippen LogP contribution in [0.4, 0.5) is 0 Å².